The van der Waals surface area contributed by atoms with Crippen molar-refractivity contribution in [2.45, 2.75) is 13.8 Å². The maximum atomic E-state index is 11.0. The van der Waals surface area contributed by atoms with E-state index in [1.807, 2.05) is 0 Å². The molecule has 0 saturated heterocycles. The van der Waals surface area contributed by atoms with Crippen LogP contribution in [0.3, 0.4) is 0 Å². The molecule has 0 bridgehead atoms. The summed E-state index contributed by atoms with van der Waals surface area (Å²) in [5.74, 6) is -1.31. The van der Waals surface area contributed by atoms with Crippen LogP contribution in [-0.4, -0.2) is 19.0 Å². The summed E-state index contributed by atoms with van der Waals surface area (Å²) in [6, 6.07) is 1.27. The number of esters is 2. The van der Waals surface area contributed by atoms with E-state index in [0.717, 1.165) is 0 Å². The highest BCUT2D eigenvalue weighted by molar-refractivity contribution is 6.43. The van der Waals surface area contributed by atoms with Gasteiger partial charge in [-0.1, -0.05) is 23.2 Å². The fraction of sp³-hybridized carbons (Fsp3) is 0.273. The number of hydrogen-bond acceptors (Lipinski definition) is 5. The Morgan fingerprint density at radius 2 is 1.61 bits per heavy atom. The minimum atomic E-state index is -0.611. The van der Waals surface area contributed by atoms with Crippen molar-refractivity contribution in [2.24, 2.45) is 0 Å². The van der Waals surface area contributed by atoms with Crippen LogP contribution in [0.5, 0.6) is 17.2 Å². The largest absolute Gasteiger partial charge is 0.491 e. The van der Waals surface area contributed by atoms with Crippen LogP contribution in [0.2, 0.25) is 10.0 Å². The zero-order chi connectivity index (χ0) is 13.9. The zero-order valence-electron chi connectivity index (χ0n) is 9.87. The van der Waals surface area contributed by atoms with Gasteiger partial charge in [0.2, 0.25) is 5.75 Å². The number of ether oxygens (including phenoxy) is 3. The van der Waals surface area contributed by atoms with Gasteiger partial charge in [0.25, 0.3) is 0 Å². The third-order valence-electron chi connectivity index (χ3n) is 1.80. The normalized spacial score (nSPS) is 9.83. The van der Waals surface area contributed by atoms with Crippen molar-refractivity contribution in [1.29, 1.82) is 0 Å². The summed E-state index contributed by atoms with van der Waals surface area (Å²) >= 11 is 11.7. The van der Waals surface area contributed by atoms with Gasteiger partial charge in [-0.2, -0.15) is 0 Å². The molecule has 0 amide bonds. The quantitative estimate of drug-likeness (QED) is 0.633. The first-order chi connectivity index (χ1) is 8.36. The van der Waals surface area contributed by atoms with Crippen molar-refractivity contribution < 1.29 is 23.8 Å². The molecule has 5 nitrogen and oxygen atoms in total. The summed E-state index contributed by atoms with van der Waals surface area (Å²) in [7, 11) is 1.32. The molecule has 0 atom stereocenters. The number of carbonyl (C=O) groups excluding carboxylic acids is 2. The molecular formula is C11H10Cl2O5. The molecule has 0 aliphatic carbocycles. The average molecular weight is 293 g/mol. The molecule has 18 heavy (non-hydrogen) atoms. The summed E-state index contributed by atoms with van der Waals surface area (Å²) in [6.45, 7) is 2.39. The molecule has 0 aromatic heterocycles. The molecule has 0 spiro atoms. The molecule has 98 valence electrons. The van der Waals surface area contributed by atoms with Gasteiger partial charge in [0, 0.05) is 19.9 Å². The second-order valence-corrected chi connectivity index (χ2v) is 4.01. The highest BCUT2D eigenvalue weighted by Crippen LogP contribution is 2.46. The summed E-state index contributed by atoms with van der Waals surface area (Å²) in [6.07, 6.45) is 0. The maximum absolute atomic E-state index is 11.0. The number of methoxy groups -OCH3 is 1. The van der Waals surface area contributed by atoms with E-state index in [1.54, 1.807) is 0 Å². The molecular weight excluding hydrogens is 283 g/mol. The SMILES string of the molecule is COc1c(Cl)c(Cl)cc(OC(C)=O)c1OC(C)=O. The van der Waals surface area contributed by atoms with Crippen LogP contribution >= 0.6 is 23.2 Å². The molecule has 0 fully saturated rings. The molecule has 7 heteroatoms. The van der Waals surface area contributed by atoms with E-state index in [9.17, 15) is 9.59 Å². The second-order valence-electron chi connectivity index (χ2n) is 3.22. The van der Waals surface area contributed by atoms with Crippen molar-refractivity contribution in [3.63, 3.8) is 0 Å². The molecule has 0 aliphatic heterocycles. The summed E-state index contributed by atoms with van der Waals surface area (Å²) in [5, 5.41) is 0.173. The van der Waals surface area contributed by atoms with E-state index >= 15 is 0 Å². The minimum absolute atomic E-state index is 0.0237. The molecule has 0 radical (unpaired) electrons. The van der Waals surface area contributed by atoms with Gasteiger partial charge >= 0.3 is 11.9 Å². The van der Waals surface area contributed by atoms with Crippen molar-refractivity contribution in [2.75, 3.05) is 7.11 Å². The highest BCUT2D eigenvalue weighted by atomic mass is 35.5. The Morgan fingerprint density at radius 3 is 2.06 bits per heavy atom. The van der Waals surface area contributed by atoms with Crippen LogP contribution < -0.4 is 14.2 Å². The molecule has 1 rings (SSSR count). The highest BCUT2D eigenvalue weighted by Gasteiger charge is 2.22. The number of carbonyl (C=O) groups is 2. The molecule has 0 heterocycles. The predicted molar refractivity (Wildman–Crippen MR) is 65.6 cm³/mol. The van der Waals surface area contributed by atoms with Crippen LogP contribution in [0.15, 0.2) is 6.07 Å². The number of benzene rings is 1. The standard InChI is InChI=1S/C11H10Cl2O5/c1-5(14)17-8-4-7(12)9(13)11(16-3)10(8)18-6(2)15/h4H,1-3H3. The Bertz CT molecular complexity index is 499. The topological polar surface area (TPSA) is 61.8 Å². The van der Waals surface area contributed by atoms with Gasteiger partial charge in [-0.15, -0.1) is 0 Å². The smallest absolute Gasteiger partial charge is 0.308 e. The predicted octanol–water partition coefficient (Wildman–Crippen LogP) is 2.85. The molecule has 1 aromatic rings. The van der Waals surface area contributed by atoms with Gasteiger partial charge in [-0.25, -0.2) is 0 Å². The number of halogens is 2. The lowest BCUT2D eigenvalue weighted by molar-refractivity contribution is -0.134. The Balaban J connectivity index is 3.42. The Morgan fingerprint density at radius 1 is 1.06 bits per heavy atom. The molecule has 0 saturated carbocycles. The van der Waals surface area contributed by atoms with Crippen molar-refractivity contribution in [3.05, 3.63) is 16.1 Å². The molecule has 0 N–H and O–H groups in total. The fourth-order valence-electron chi connectivity index (χ4n) is 1.22. The summed E-state index contributed by atoms with van der Waals surface area (Å²) < 4.78 is 14.8. The van der Waals surface area contributed by atoms with Crippen LogP contribution in [0, 0.1) is 0 Å². The van der Waals surface area contributed by atoms with Gasteiger partial charge in [-0.05, 0) is 0 Å². The lowest BCUT2D eigenvalue weighted by Crippen LogP contribution is -2.08. The van der Waals surface area contributed by atoms with E-state index in [1.165, 1.54) is 27.0 Å². The molecule has 0 unspecified atom stereocenters. The summed E-state index contributed by atoms with van der Waals surface area (Å²) in [5.41, 5.74) is 0. The van der Waals surface area contributed by atoms with E-state index in [0.29, 0.717) is 0 Å². The van der Waals surface area contributed by atoms with Crippen LogP contribution in [0.25, 0.3) is 0 Å². The third-order valence-corrected chi connectivity index (χ3v) is 2.57. The van der Waals surface area contributed by atoms with Gasteiger partial charge in [-0.3, -0.25) is 9.59 Å². The fourth-order valence-corrected chi connectivity index (χ4v) is 1.62. The van der Waals surface area contributed by atoms with E-state index in [2.05, 4.69) is 0 Å². The van der Waals surface area contributed by atoms with Crippen molar-refractivity contribution in [1.82, 2.24) is 0 Å². The lowest BCUT2D eigenvalue weighted by Gasteiger charge is -2.14. The number of hydrogen-bond donors (Lipinski definition) is 0. The van der Waals surface area contributed by atoms with E-state index in [-0.39, 0.29) is 27.3 Å². The van der Waals surface area contributed by atoms with Crippen molar-refractivity contribution in [3.8, 4) is 17.2 Å². The Hall–Kier alpha value is -1.46. The van der Waals surface area contributed by atoms with Crippen molar-refractivity contribution >= 4 is 35.1 Å². The molecule has 1 aromatic carbocycles. The van der Waals surface area contributed by atoms with Crippen LogP contribution in [-0.2, 0) is 9.59 Å². The first-order valence-electron chi connectivity index (χ1n) is 4.79. The lowest BCUT2D eigenvalue weighted by atomic mass is 10.3. The second kappa shape index (κ2) is 5.93. The monoisotopic (exact) mass is 292 g/mol. The Labute approximate surface area is 114 Å². The Kier molecular flexibility index (Phi) is 4.81. The minimum Gasteiger partial charge on any atom is -0.491 e. The summed E-state index contributed by atoms with van der Waals surface area (Å²) in [4.78, 5) is 22.0. The third kappa shape index (κ3) is 3.27. The van der Waals surface area contributed by atoms with Crippen LogP contribution in [0.4, 0.5) is 0 Å². The maximum Gasteiger partial charge on any atom is 0.308 e. The zero-order valence-corrected chi connectivity index (χ0v) is 11.4. The van der Waals surface area contributed by atoms with Gasteiger partial charge in [0.05, 0.1) is 12.1 Å². The average Bonchev–Trinajstić information content (AvgIpc) is 2.24. The van der Waals surface area contributed by atoms with Gasteiger partial charge in [0.1, 0.15) is 5.02 Å². The number of rotatable bonds is 3. The molecule has 0 aliphatic rings. The van der Waals surface area contributed by atoms with Gasteiger partial charge in [0.15, 0.2) is 11.5 Å². The van der Waals surface area contributed by atoms with Crippen LogP contribution in [0.1, 0.15) is 13.8 Å². The van der Waals surface area contributed by atoms with E-state index < -0.39 is 11.9 Å². The van der Waals surface area contributed by atoms with E-state index in [4.69, 9.17) is 37.4 Å². The van der Waals surface area contributed by atoms with Gasteiger partial charge < -0.3 is 14.2 Å². The first-order valence-corrected chi connectivity index (χ1v) is 5.55. The first kappa shape index (κ1) is 14.6.